The van der Waals surface area contributed by atoms with Crippen molar-refractivity contribution in [1.82, 2.24) is 0 Å². The van der Waals surface area contributed by atoms with Crippen LogP contribution in [0, 0.1) is 0 Å². The number of carboxylic acid groups (broad SMARTS) is 1. The van der Waals surface area contributed by atoms with Crippen molar-refractivity contribution >= 4 is 11.9 Å². The number of rotatable bonds is 3. The highest BCUT2D eigenvalue weighted by Crippen LogP contribution is 1.84. The third-order valence-corrected chi connectivity index (χ3v) is 1.00. The minimum Gasteiger partial charge on any atom is -0.480 e. The fourth-order valence-electron chi connectivity index (χ4n) is 0.331. The van der Waals surface area contributed by atoms with E-state index in [1.807, 2.05) is 0 Å². The smallest absolute Gasteiger partial charge is 0.322 e. The number of hydrogen-bond acceptors (Lipinski definition) is 4. The van der Waals surface area contributed by atoms with Crippen molar-refractivity contribution in [2.45, 2.75) is 12.1 Å². The third-order valence-electron chi connectivity index (χ3n) is 1.00. The predicted octanol–water partition coefficient (Wildman–Crippen LogP) is -2.79. The van der Waals surface area contributed by atoms with Crippen LogP contribution in [-0.2, 0) is 9.59 Å². The zero-order chi connectivity index (χ0) is 8.31. The minimum atomic E-state index is -1.42. The van der Waals surface area contributed by atoms with E-state index >= 15 is 0 Å². The summed E-state index contributed by atoms with van der Waals surface area (Å²) in [5, 5.41) is 8.19. The van der Waals surface area contributed by atoms with Crippen LogP contribution in [0.2, 0.25) is 0 Å². The van der Waals surface area contributed by atoms with Crippen LogP contribution in [0.5, 0.6) is 0 Å². The van der Waals surface area contributed by atoms with Crippen LogP contribution in [0.4, 0.5) is 0 Å². The maximum absolute atomic E-state index is 10.2. The predicted molar refractivity (Wildman–Crippen MR) is 32.8 cm³/mol. The molecule has 0 radical (unpaired) electrons. The SMILES string of the molecule is NC(=O)C(N)C(N)C(=O)O. The van der Waals surface area contributed by atoms with Gasteiger partial charge in [-0.1, -0.05) is 0 Å². The van der Waals surface area contributed by atoms with E-state index in [-0.39, 0.29) is 0 Å². The third kappa shape index (κ3) is 2.00. The van der Waals surface area contributed by atoms with E-state index < -0.39 is 24.0 Å². The summed E-state index contributed by atoms with van der Waals surface area (Å²) in [6.45, 7) is 0. The van der Waals surface area contributed by atoms with Crippen LogP contribution in [0.15, 0.2) is 0 Å². The van der Waals surface area contributed by atoms with Gasteiger partial charge in [0.05, 0.1) is 0 Å². The average molecular weight is 147 g/mol. The van der Waals surface area contributed by atoms with Gasteiger partial charge in [0.1, 0.15) is 12.1 Å². The number of primary amides is 1. The van der Waals surface area contributed by atoms with E-state index in [0.29, 0.717) is 0 Å². The molecule has 0 aliphatic carbocycles. The summed E-state index contributed by atoms with van der Waals surface area (Å²) in [6.07, 6.45) is 0. The molecule has 6 nitrogen and oxygen atoms in total. The molecule has 0 aliphatic rings. The van der Waals surface area contributed by atoms with Crippen molar-refractivity contribution in [1.29, 1.82) is 0 Å². The lowest BCUT2D eigenvalue weighted by Gasteiger charge is -2.10. The number of hydrogen-bond donors (Lipinski definition) is 4. The van der Waals surface area contributed by atoms with E-state index in [0.717, 1.165) is 0 Å². The lowest BCUT2D eigenvalue weighted by atomic mass is 10.1. The fraction of sp³-hybridized carbons (Fsp3) is 0.500. The molecule has 0 spiro atoms. The maximum atomic E-state index is 10.2. The molecule has 2 unspecified atom stereocenters. The molecule has 0 saturated heterocycles. The molecular weight excluding hydrogens is 138 g/mol. The van der Waals surface area contributed by atoms with Crippen molar-refractivity contribution < 1.29 is 14.7 Å². The number of carboxylic acids is 1. The molecule has 7 N–H and O–H groups in total. The minimum absolute atomic E-state index is 0.921. The Bertz CT molecular complexity index is 140. The molecule has 0 bridgehead atoms. The Labute approximate surface area is 57.0 Å². The monoisotopic (exact) mass is 147 g/mol. The number of aliphatic carboxylic acids is 1. The van der Waals surface area contributed by atoms with Gasteiger partial charge < -0.3 is 22.3 Å². The van der Waals surface area contributed by atoms with Gasteiger partial charge >= 0.3 is 5.97 Å². The topological polar surface area (TPSA) is 132 Å². The standard InChI is InChI=1S/C4H9N3O3/c5-1(3(7)8)2(6)4(9)10/h1-2H,5-6H2,(H2,7,8)(H,9,10). The normalized spacial score (nSPS) is 15.8. The second-order valence-corrected chi connectivity index (χ2v) is 1.79. The maximum Gasteiger partial charge on any atom is 0.322 e. The largest absolute Gasteiger partial charge is 0.480 e. The van der Waals surface area contributed by atoms with Gasteiger partial charge in [-0.15, -0.1) is 0 Å². The highest BCUT2D eigenvalue weighted by atomic mass is 16.4. The first-order chi connectivity index (χ1) is 4.46. The van der Waals surface area contributed by atoms with Crippen molar-refractivity contribution in [3.63, 3.8) is 0 Å². The van der Waals surface area contributed by atoms with E-state index in [1.54, 1.807) is 0 Å². The summed E-state index contributed by atoms with van der Waals surface area (Å²) in [4.78, 5) is 20.2. The second kappa shape index (κ2) is 3.14. The molecule has 6 heteroatoms. The van der Waals surface area contributed by atoms with Crippen LogP contribution in [-0.4, -0.2) is 29.1 Å². The van der Waals surface area contributed by atoms with Crippen LogP contribution in [0.3, 0.4) is 0 Å². The quantitative estimate of drug-likeness (QED) is 0.342. The van der Waals surface area contributed by atoms with Gasteiger partial charge in [0, 0.05) is 0 Å². The van der Waals surface area contributed by atoms with Gasteiger partial charge in [-0.2, -0.15) is 0 Å². The van der Waals surface area contributed by atoms with Crippen LogP contribution in [0.25, 0.3) is 0 Å². The van der Waals surface area contributed by atoms with Crippen molar-refractivity contribution in [2.24, 2.45) is 17.2 Å². The van der Waals surface area contributed by atoms with Gasteiger partial charge in [-0.05, 0) is 0 Å². The average Bonchev–Trinajstić information content (AvgIpc) is 1.84. The van der Waals surface area contributed by atoms with E-state index in [4.69, 9.17) is 16.6 Å². The molecule has 0 aromatic heterocycles. The summed E-state index contributed by atoms with van der Waals surface area (Å²) in [6, 6.07) is -2.74. The molecule has 10 heavy (non-hydrogen) atoms. The van der Waals surface area contributed by atoms with Crippen LogP contribution < -0.4 is 17.2 Å². The molecule has 0 aromatic carbocycles. The zero-order valence-electron chi connectivity index (χ0n) is 5.15. The first-order valence-corrected chi connectivity index (χ1v) is 2.50. The molecule has 0 rings (SSSR count). The van der Waals surface area contributed by atoms with Crippen molar-refractivity contribution in [3.05, 3.63) is 0 Å². The lowest BCUT2D eigenvalue weighted by Crippen LogP contribution is -2.54. The summed E-state index contributed by atoms with van der Waals surface area (Å²) in [7, 11) is 0. The van der Waals surface area contributed by atoms with E-state index in [9.17, 15) is 9.59 Å². The summed E-state index contributed by atoms with van der Waals surface area (Å²) in [5.74, 6) is -2.26. The second-order valence-electron chi connectivity index (χ2n) is 1.79. The number of amides is 1. The number of carbonyl (C=O) groups is 2. The highest BCUT2D eigenvalue weighted by Gasteiger charge is 2.24. The Morgan fingerprint density at radius 2 is 1.60 bits per heavy atom. The molecule has 2 atom stereocenters. The van der Waals surface area contributed by atoms with Gasteiger partial charge in [-0.3, -0.25) is 9.59 Å². The Morgan fingerprint density at radius 1 is 1.20 bits per heavy atom. The summed E-state index contributed by atoms with van der Waals surface area (Å²) in [5.41, 5.74) is 14.6. The Balaban J connectivity index is 4.07. The molecule has 0 aromatic rings. The van der Waals surface area contributed by atoms with Gasteiger partial charge in [0.2, 0.25) is 5.91 Å². The lowest BCUT2D eigenvalue weighted by molar-refractivity contribution is -0.140. The molecule has 0 heterocycles. The van der Waals surface area contributed by atoms with E-state index in [1.165, 1.54) is 0 Å². The zero-order valence-corrected chi connectivity index (χ0v) is 5.15. The Kier molecular flexibility index (Phi) is 2.78. The first kappa shape index (κ1) is 8.86. The molecule has 0 saturated carbocycles. The van der Waals surface area contributed by atoms with Gasteiger partial charge in [0.15, 0.2) is 0 Å². The van der Waals surface area contributed by atoms with Crippen LogP contribution in [0.1, 0.15) is 0 Å². The highest BCUT2D eigenvalue weighted by molar-refractivity contribution is 5.88. The number of carbonyl (C=O) groups excluding carboxylic acids is 1. The van der Waals surface area contributed by atoms with E-state index in [2.05, 4.69) is 5.73 Å². The molecule has 1 amide bonds. The summed E-state index contributed by atoms with van der Waals surface area (Å²) >= 11 is 0. The molecule has 0 aliphatic heterocycles. The Hall–Kier alpha value is -1.14. The molecule has 58 valence electrons. The molecular formula is C4H9N3O3. The van der Waals surface area contributed by atoms with Crippen molar-refractivity contribution in [2.75, 3.05) is 0 Å². The first-order valence-electron chi connectivity index (χ1n) is 2.50. The fourth-order valence-corrected chi connectivity index (χ4v) is 0.331. The molecule has 0 fully saturated rings. The van der Waals surface area contributed by atoms with Crippen molar-refractivity contribution in [3.8, 4) is 0 Å². The Morgan fingerprint density at radius 3 is 1.70 bits per heavy atom. The van der Waals surface area contributed by atoms with Gasteiger partial charge in [0.25, 0.3) is 0 Å². The van der Waals surface area contributed by atoms with Gasteiger partial charge in [-0.25, -0.2) is 0 Å². The summed E-state index contributed by atoms with van der Waals surface area (Å²) < 4.78 is 0. The van der Waals surface area contributed by atoms with Crippen LogP contribution >= 0.6 is 0 Å². The number of nitrogens with two attached hydrogens (primary N) is 3.